The van der Waals surface area contributed by atoms with Gasteiger partial charge in [0.25, 0.3) is 0 Å². The average molecular weight is 206 g/mol. The molecule has 0 fully saturated rings. The molecule has 1 aliphatic rings. The molecule has 0 heterocycles. The summed E-state index contributed by atoms with van der Waals surface area (Å²) in [6.45, 7) is 0. The van der Waals surface area contributed by atoms with Crippen LogP contribution < -0.4 is 0 Å². The Morgan fingerprint density at radius 2 is 2.00 bits per heavy atom. The van der Waals surface area contributed by atoms with Crippen molar-refractivity contribution in [2.24, 2.45) is 0 Å². The smallest absolute Gasteiger partial charge is 0.307 e. The highest BCUT2D eigenvalue weighted by molar-refractivity contribution is 5.71. The van der Waals surface area contributed by atoms with E-state index in [-0.39, 0.29) is 12.2 Å². The van der Waals surface area contributed by atoms with Gasteiger partial charge in [0.1, 0.15) is 5.75 Å². The molecule has 0 radical (unpaired) electrons. The summed E-state index contributed by atoms with van der Waals surface area (Å²) < 4.78 is 0. The Morgan fingerprint density at radius 1 is 1.27 bits per heavy atom. The molecule has 0 amide bonds. The van der Waals surface area contributed by atoms with Crippen molar-refractivity contribution in [1.29, 1.82) is 0 Å². The molecule has 0 saturated carbocycles. The van der Waals surface area contributed by atoms with Crippen molar-refractivity contribution >= 4 is 5.97 Å². The molecule has 2 N–H and O–H groups in total. The highest BCUT2D eigenvalue weighted by Gasteiger charge is 2.16. The fourth-order valence-corrected chi connectivity index (χ4v) is 2.16. The predicted molar refractivity (Wildman–Crippen MR) is 56.1 cm³/mol. The standard InChI is InChI=1S/C12H14O3/c13-11(14)7-9-6-5-8-3-1-2-4-10(8)12(9)15/h5-6,15H,1-4,7H2,(H,13,14). The van der Waals surface area contributed by atoms with Gasteiger partial charge in [-0.3, -0.25) is 4.79 Å². The fourth-order valence-electron chi connectivity index (χ4n) is 2.16. The van der Waals surface area contributed by atoms with Gasteiger partial charge >= 0.3 is 5.97 Å². The van der Waals surface area contributed by atoms with Crippen LogP contribution in [0.4, 0.5) is 0 Å². The second-order valence-electron chi connectivity index (χ2n) is 3.99. The van der Waals surface area contributed by atoms with Crippen LogP contribution in [0, 0.1) is 0 Å². The number of carbonyl (C=O) groups is 1. The molecule has 0 aromatic heterocycles. The Morgan fingerprint density at radius 3 is 2.73 bits per heavy atom. The Labute approximate surface area is 88.4 Å². The number of hydrogen-bond donors (Lipinski definition) is 2. The second-order valence-corrected chi connectivity index (χ2v) is 3.99. The second kappa shape index (κ2) is 3.93. The zero-order chi connectivity index (χ0) is 10.8. The van der Waals surface area contributed by atoms with Gasteiger partial charge in [0, 0.05) is 5.56 Å². The molecular formula is C12H14O3. The molecular weight excluding hydrogens is 192 g/mol. The van der Waals surface area contributed by atoms with Crippen molar-refractivity contribution in [2.75, 3.05) is 0 Å². The van der Waals surface area contributed by atoms with E-state index in [1.54, 1.807) is 6.07 Å². The molecule has 0 spiro atoms. The number of phenolic OH excluding ortho intramolecular Hbond substituents is 1. The van der Waals surface area contributed by atoms with Crippen LogP contribution in [0.2, 0.25) is 0 Å². The average Bonchev–Trinajstić information content (AvgIpc) is 2.22. The molecule has 0 saturated heterocycles. The van der Waals surface area contributed by atoms with Crippen molar-refractivity contribution in [3.8, 4) is 5.75 Å². The van der Waals surface area contributed by atoms with Crippen LogP contribution in [-0.4, -0.2) is 16.2 Å². The molecule has 15 heavy (non-hydrogen) atoms. The Bertz CT molecular complexity index is 396. The summed E-state index contributed by atoms with van der Waals surface area (Å²) in [5.74, 6) is -0.698. The van der Waals surface area contributed by atoms with Crippen molar-refractivity contribution in [1.82, 2.24) is 0 Å². The van der Waals surface area contributed by atoms with Crippen LogP contribution in [0.5, 0.6) is 5.75 Å². The third-order valence-corrected chi connectivity index (χ3v) is 2.93. The number of carboxylic acids is 1. The summed E-state index contributed by atoms with van der Waals surface area (Å²) in [6, 6.07) is 3.68. The van der Waals surface area contributed by atoms with Gasteiger partial charge in [-0.2, -0.15) is 0 Å². The molecule has 0 unspecified atom stereocenters. The molecule has 3 heteroatoms. The van der Waals surface area contributed by atoms with Crippen molar-refractivity contribution < 1.29 is 15.0 Å². The topological polar surface area (TPSA) is 57.5 Å². The SMILES string of the molecule is O=C(O)Cc1ccc2c(c1O)CCCC2. The minimum atomic E-state index is -0.902. The van der Waals surface area contributed by atoms with E-state index in [0.717, 1.165) is 31.2 Å². The molecule has 0 bridgehead atoms. The summed E-state index contributed by atoms with van der Waals surface area (Å²) in [7, 11) is 0. The minimum Gasteiger partial charge on any atom is -0.507 e. The fraction of sp³-hybridized carbons (Fsp3) is 0.417. The summed E-state index contributed by atoms with van der Waals surface area (Å²) in [4.78, 5) is 10.6. The van der Waals surface area contributed by atoms with Gasteiger partial charge in [-0.25, -0.2) is 0 Å². The largest absolute Gasteiger partial charge is 0.507 e. The van der Waals surface area contributed by atoms with Crippen LogP contribution in [-0.2, 0) is 24.1 Å². The van der Waals surface area contributed by atoms with E-state index < -0.39 is 5.97 Å². The first-order valence-electron chi connectivity index (χ1n) is 5.23. The number of aryl methyl sites for hydroxylation is 1. The van der Waals surface area contributed by atoms with Crippen molar-refractivity contribution in [2.45, 2.75) is 32.1 Å². The number of fused-ring (bicyclic) bond motifs is 1. The number of hydrogen-bond acceptors (Lipinski definition) is 2. The molecule has 0 atom stereocenters. The van der Waals surface area contributed by atoms with Gasteiger partial charge < -0.3 is 10.2 Å². The molecule has 80 valence electrons. The van der Waals surface area contributed by atoms with Crippen LogP contribution in [0.25, 0.3) is 0 Å². The van der Waals surface area contributed by atoms with Crippen LogP contribution in [0.15, 0.2) is 12.1 Å². The first-order valence-corrected chi connectivity index (χ1v) is 5.23. The third-order valence-electron chi connectivity index (χ3n) is 2.93. The Kier molecular flexibility index (Phi) is 2.62. The molecule has 1 aromatic carbocycles. The summed E-state index contributed by atoms with van der Waals surface area (Å²) in [5, 5.41) is 18.6. The Hall–Kier alpha value is -1.51. The lowest BCUT2D eigenvalue weighted by Gasteiger charge is -2.18. The van der Waals surface area contributed by atoms with E-state index in [1.165, 1.54) is 5.56 Å². The predicted octanol–water partition coefficient (Wildman–Crippen LogP) is 1.90. The first-order chi connectivity index (χ1) is 7.18. The lowest BCUT2D eigenvalue weighted by Crippen LogP contribution is -2.06. The number of carboxylic acid groups (broad SMARTS) is 1. The van der Waals surface area contributed by atoms with Crippen LogP contribution >= 0.6 is 0 Å². The molecule has 1 aliphatic carbocycles. The molecule has 3 nitrogen and oxygen atoms in total. The maximum Gasteiger partial charge on any atom is 0.307 e. The number of benzene rings is 1. The zero-order valence-corrected chi connectivity index (χ0v) is 8.49. The molecule has 1 aromatic rings. The highest BCUT2D eigenvalue weighted by Crippen LogP contribution is 2.32. The van der Waals surface area contributed by atoms with Gasteiger partial charge in [-0.05, 0) is 36.8 Å². The number of phenols is 1. The van der Waals surface area contributed by atoms with E-state index in [9.17, 15) is 9.90 Å². The van der Waals surface area contributed by atoms with E-state index in [4.69, 9.17) is 5.11 Å². The van der Waals surface area contributed by atoms with E-state index >= 15 is 0 Å². The van der Waals surface area contributed by atoms with Crippen LogP contribution in [0.3, 0.4) is 0 Å². The summed E-state index contributed by atoms with van der Waals surface area (Å²) in [5.41, 5.74) is 2.66. The number of aliphatic carboxylic acids is 1. The monoisotopic (exact) mass is 206 g/mol. The number of rotatable bonds is 2. The van der Waals surface area contributed by atoms with E-state index in [1.807, 2.05) is 6.07 Å². The van der Waals surface area contributed by atoms with Gasteiger partial charge in [0.15, 0.2) is 0 Å². The van der Waals surface area contributed by atoms with E-state index in [0.29, 0.717) is 5.56 Å². The molecule has 0 aliphatic heterocycles. The summed E-state index contributed by atoms with van der Waals surface area (Å²) >= 11 is 0. The van der Waals surface area contributed by atoms with Gasteiger partial charge in [0.2, 0.25) is 0 Å². The Balaban J connectivity index is 2.38. The van der Waals surface area contributed by atoms with E-state index in [2.05, 4.69) is 0 Å². The summed E-state index contributed by atoms with van der Waals surface area (Å²) in [6.07, 6.45) is 4.01. The van der Waals surface area contributed by atoms with Gasteiger partial charge in [-0.15, -0.1) is 0 Å². The maximum atomic E-state index is 10.6. The zero-order valence-electron chi connectivity index (χ0n) is 8.49. The van der Waals surface area contributed by atoms with Gasteiger partial charge in [0.05, 0.1) is 6.42 Å². The first kappa shape index (κ1) is 10.0. The number of aromatic hydroxyl groups is 1. The quantitative estimate of drug-likeness (QED) is 0.777. The van der Waals surface area contributed by atoms with Crippen molar-refractivity contribution in [3.05, 3.63) is 28.8 Å². The van der Waals surface area contributed by atoms with Crippen molar-refractivity contribution in [3.63, 3.8) is 0 Å². The van der Waals surface area contributed by atoms with Crippen LogP contribution in [0.1, 0.15) is 29.5 Å². The minimum absolute atomic E-state index is 0.0981. The molecule has 2 rings (SSSR count). The highest BCUT2D eigenvalue weighted by atomic mass is 16.4. The lowest BCUT2D eigenvalue weighted by molar-refractivity contribution is -0.136. The lowest BCUT2D eigenvalue weighted by atomic mass is 9.89. The van der Waals surface area contributed by atoms with Gasteiger partial charge in [-0.1, -0.05) is 12.1 Å². The normalized spacial score (nSPS) is 14.7. The maximum absolute atomic E-state index is 10.6. The third kappa shape index (κ3) is 1.96.